The molecule has 0 aliphatic heterocycles. The predicted molar refractivity (Wildman–Crippen MR) is 74.8 cm³/mol. The third-order valence-electron chi connectivity index (χ3n) is 4.05. The molecule has 0 bridgehead atoms. The van der Waals surface area contributed by atoms with E-state index in [0.29, 0.717) is 0 Å². The summed E-state index contributed by atoms with van der Waals surface area (Å²) in [6.07, 6.45) is 9.41. The molecule has 18 heavy (non-hydrogen) atoms. The second kappa shape index (κ2) is 5.01. The monoisotopic (exact) mass is 243 g/mol. The summed E-state index contributed by atoms with van der Waals surface area (Å²) in [5, 5.41) is 3.59. The van der Waals surface area contributed by atoms with Crippen LogP contribution in [0.4, 0.5) is 5.82 Å². The lowest BCUT2D eigenvalue weighted by molar-refractivity contribution is 0.293. The van der Waals surface area contributed by atoms with Gasteiger partial charge in [-0.25, -0.2) is 4.98 Å². The Balaban J connectivity index is 1.67. The SMILES string of the molecule is CC1CCCC(CNc2cccc3nccn23)C1. The lowest BCUT2D eigenvalue weighted by Crippen LogP contribution is -2.21. The van der Waals surface area contributed by atoms with E-state index in [1.54, 1.807) is 0 Å². The number of anilines is 1. The summed E-state index contributed by atoms with van der Waals surface area (Å²) in [6, 6.07) is 6.23. The number of fused-ring (bicyclic) bond motifs is 1. The van der Waals surface area contributed by atoms with E-state index in [2.05, 4.69) is 33.8 Å². The first-order valence-corrected chi connectivity index (χ1v) is 6.99. The number of hydrogen-bond donors (Lipinski definition) is 1. The highest BCUT2D eigenvalue weighted by atomic mass is 15.1. The summed E-state index contributed by atoms with van der Waals surface area (Å²) in [5.41, 5.74) is 1.01. The standard InChI is InChI=1S/C15H21N3/c1-12-4-2-5-13(10-12)11-17-15-7-3-6-14-16-8-9-18(14)15/h3,6-9,12-13,17H,2,4-5,10-11H2,1H3. The Labute approximate surface area is 108 Å². The highest BCUT2D eigenvalue weighted by molar-refractivity contribution is 5.49. The van der Waals surface area contributed by atoms with Gasteiger partial charge in [-0.1, -0.05) is 25.8 Å². The minimum Gasteiger partial charge on any atom is -0.371 e. The molecule has 2 aromatic heterocycles. The fourth-order valence-corrected chi connectivity index (χ4v) is 3.09. The van der Waals surface area contributed by atoms with E-state index >= 15 is 0 Å². The molecule has 0 aromatic carbocycles. The fourth-order valence-electron chi connectivity index (χ4n) is 3.09. The number of pyridine rings is 1. The molecule has 2 heterocycles. The van der Waals surface area contributed by atoms with Gasteiger partial charge in [0.05, 0.1) is 0 Å². The summed E-state index contributed by atoms with van der Waals surface area (Å²) in [6.45, 7) is 3.46. The third-order valence-corrected chi connectivity index (χ3v) is 4.05. The Kier molecular flexibility index (Phi) is 3.22. The van der Waals surface area contributed by atoms with Crippen molar-refractivity contribution in [3.05, 3.63) is 30.6 Å². The van der Waals surface area contributed by atoms with Crippen LogP contribution in [-0.4, -0.2) is 15.9 Å². The Hall–Kier alpha value is -1.51. The van der Waals surface area contributed by atoms with E-state index < -0.39 is 0 Å². The zero-order valence-corrected chi connectivity index (χ0v) is 11.0. The lowest BCUT2D eigenvalue weighted by atomic mass is 9.82. The zero-order chi connectivity index (χ0) is 12.4. The van der Waals surface area contributed by atoms with Crippen molar-refractivity contribution in [3.8, 4) is 0 Å². The van der Waals surface area contributed by atoms with E-state index in [1.165, 1.54) is 25.7 Å². The normalized spacial score (nSPS) is 24.3. The van der Waals surface area contributed by atoms with Crippen LogP contribution in [0.25, 0.3) is 5.65 Å². The minimum atomic E-state index is 0.826. The van der Waals surface area contributed by atoms with Gasteiger partial charge in [0.2, 0.25) is 0 Å². The predicted octanol–water partition coefficient (Wildman–Crippen LogP) is 3.57. The molecular weight excluding hydrogens is 222 g/mol. The molecule has 0 amide bonds. The number of nitrogens with zero attached hydrogens (tertiary/aromatic N) is 2. The number of hydrogen-bond acceptors (Lipinski definition) is 2. The van der Waals surface area contributed by atoms with Crippen LogP contribution in [0.5, 0.6) is 0 Å². The molecule has 2 aromatic rings. The smallest absolute Gasteiger partial charge is 0.138 e. The molecule has 0 saturated heterocycles. The third kappa shape index (κ3) is 2.35. The van der Waals surface area contributed by atoms with Crippen LogP contribution >= 0.6 is 0 Å². The topological polar surface area (TPSA) is 29.3 Å². The van der Waals surface area contributed by atoms with E-state index in [9.17, 15) is 0 Å². The Morgan fingerprint density at radius 3 is 3.22 bits per heavy atom. The largest absolute Gasteiger partial charge is 0.371 e. The second-order valence-electron chi connectivity index (χ2n) is 5.59. The summed E-state index contributed by atoms with van der Waals surface area (Å²) in [7, 11) is 0. The van der Waals surface area contributed by atoms with Gasteiger partial charge in [-0.15, -0.1) is 0 Å². The van der Waals surface area contributed by atoms with Gasteiger partial charge in [-0.3, -0.25) is 4.40 Å². The van der Waals surface area contributed by atoms with Crippen LogP contribution in [0.3, 0.4) is 0 Å². The van der Waals surface area contributed by atoms with Crippen molar-refractivity contribution in [3.63, 3.8) is 0 Å². The van der Waals surface area contributed by atoms with Crippen molar-refractivity contribution in [1.29, 1.82) is 0 Å². The molecule has 1 saturated carbocycles. The van der Waals surface area contributed by atoms with Crippen LogP contribution in [0.15, 0.2) is 30.6 Å². The first kappa shape index (κ1) is 11.6. The quantitative estimate of drug-likeness (QED) is 0.893. The van der Waals surface area contributed by atoms with Gasteiger partial charge in [-0.2, -0.15) is 0 Å². The maximum absolute atomic E-state index is 4.31. The number of aromatic nitrogens is 2. The molecule has 1 aliphatic rings. The van der Waals surface area contributed by atoms with Crippen molar-refractivity contribution in [1.82, 2.24) is 9.38 Å². The maximum atomic E-state index is 4.31. The number of nitrogens with one attached hydrogen (secondary N) is 1. The molecule has 0 spiro atoms. The Morgan fingerprint density at radius 1 is 1.39 bits per heavy atom. The van der Waals surface area contributed by atoms with E-state index in [1.807, 2.05) is 18.5 Å². The van der Waals surface area contributed by atoms with Crippen molar-refractivity contribution >= 4 is 11.5 Å². The van der Waals surface area contributed by atoms with Gasteiger partial charge >= 0.3 is 0 Å². The first-order chi connectivity index (χ1) is 8.83. The van der Waals surface area contributed by atoms with Gasteiger partial charge in [0.1, 0.15) is 11.5 Å². The first-order valence-electron chi connectivity index (χ1n) is 6.99. The Morgan fingerprint density at radius 2 is 2.33 bits per heavy atom. The average Bonchev–Trinajstić information content (AvgIpc) is 2.85. The van der Waals surface area contributed by atoms with Crippen LogP contribution in [0.2, 0.25) is 0 Å². The fraction of sp³-hybridized carbons (Fsp3) is 0.533. The molecule has 96 valence electrons. The van der Waals surface area contributed by atoms with Gasteiger partial charge in [-0.05, 0) is 36.8 Å². The molecule has 1 aliphatic carbocycles. The minimum absolute atomic E-state index is 0.826. The molecule has 3 heteroatoms. The Bertz CT molecular complexity index is 517. The molecule has 1 N–H and O–H groups in total. The maximum Gasteiger partial charge on any atom is 0.138 e. The van der Waals surface area contributed by atoms with E-state index in [0.717, 1.165) is 29.8 Å². The molecule has 0 radical (unpaired) electrons. The van der Waals surface area contributed by atoms with Crippen LogP contribution in [-0.2, 0) is 0 Å². The van der Waals surface area contributed by atoms with Crippen LogP contribution < -0.4 is 5.32 Å². The zero-order valence-electron chi connectivity index (χ0n) is 11.0. The number of imidazole rings is 1. The van der Waals surface area contributed by atoms with Crippen molar-refractivity contribution < 1.29 is 0 Å². The van der Waals surface area contributed by atoms with E-state index in [4.69, 9.17) is 0 Å². The highest BCUT2D eigenvalue weighted by Crippen LogP contribution is 2.28. The van der Waals surface area contributed by atoms with Gasteiger partial charge in [0.25, 0.3) is 0 Å². The van der Waals surface area contributed by atoms with Crippen molar-refractivity contribution in [2.75, 3.05) is 11.9 Å². The number of rotatable bonds is 3. The van der Waals surface area contributed by atoms with E-state index in [-0.39, 0.29) is 0 Å². The van der Waals surface area contributed by atoms with Gasteiger partial charge < -0.3 is 5.32 Å². The van der Waals surface area contributed by atoms with Crippen molar-refractivity contribution in [2.24, 2.45) is 11.8 Å². The molecule has 3 nitrogen and oxygen atoms in total. The molecular formula is C15H21N3. The second-order valence-corrected chi connectivity index (χ2v) is 5.59. The van der Waals surface area contributed by atoms with Gasteiger partial charge in [0, 0.05) is 18.9 Å². The average molecular weight is 243 g/mol. The summed E-state index contributed by atoms with van der Waals surface area (Å²) >= 11 is 0. The molecule has 2 atom stereocenters. The molecule has 3 rings (SSSR count). The summed E-state index contributed by atoms with van der Waals surface area (Å²) in [5.74, 6) is 2.88. The summed E-state index contributed by atoms with van der Waals surface area (Å²) < 4.78 is 2.12. The molecule has 1 fully saturated rings. The van der Waals surface area contributed by atoms with Crippen LogP contribution in [0.1, 0.15) is 32.6 Å². The van der Waals surface area contributed by atoms with Crippen LogP contribution in [0, 0.1) is 11.8 Å². The van der Waals surface area contributed by atoms with Gasteiger partial charge in [0.15, 0.2) is 0 Å². The highest BCUT2D eigenvalue weighted by Gasteiger charge is 2.18. The molecule has 2 unspecified atom stereocenters. The lowest BCUT2D eigenvalue weighted by Gasteiger charge is -2.27. The van der Waals surface area contributed by atoms with Crippen molar-refractivity contribution in [2.45, 2.75) is 32.6 Å². The summed E-state index contributed by atoms with van der Waals surface area (Å²) in [4.78, 5) is 4.31.